The maximum atomic E-state index is 12.9. The van der Waals surface area contributed by atoms with Crippen molar-refractivity contribution < 1.29 is 9.59 Å². The molecule has 1 N–H and O–H groups in total. The molecule has 184 valence electrons. The first-order valence-electron chi connectivity index (χ1n) is 12.5. The zero-order chi connectivity index (χ0) is 24.6. The van der Waals surface area contributed by atoms with Crippen molar-refractivity contribution in [1.82, 2.24) is 24.9 Å². The second-order valence-electron chi connectivity index (χ2n) is 8.99. The first-order valence-corrected chi connectivity index (χ1v) is 12.5. The highest BCUT2D eigenvalue weighted by molar-refractivity contribution is 5.80. The van der Waals surface area contributed by atoms with Crippen molar-refractivity contribution in [2.24, 2.45) is 5.92 Å². The molecule has 1 saturated heterocycles. The minimum Gasteiger partial charge on any atom is -0.352 e. The molecule has 0 atom stereocenters. The summed E-state index contributed by atoms with van der Waals surface area (Å²) in [6.07, 6.45) is 5.16. The van der Waals surface area contributed by atoms with E-state index < -0.39 is 0 Å². The van der Waals surface area contributed by atoms with Gasteiger partial charge < -0.3 is 15.1 Å². The fourth-order valence-electron chi connectivity index (χ4n) is 4.68. The van der Waals surface area contributed by atoms with Gasteiger partial charge in [-0.15, -0.1) is 0 Å². The number of rotatable bonds is 8. The maximum absolute atomic E-state index is 12.9. The van der Waals surface area contributed by atoms with E-state index in [1.165, 1.54) is 5.56 Å². The molecule has 4 rings (SSSR count). The van der Waals surface area contributed by atoms with E-state index in [0.717, 1.165) is 23.2 Å². The number of urea groups is 1. The fraction of sp³-hybridized carbons (Fsp3) is 0.393. The van der Waals surface area contributed by atoms with E-state index in [4.69, 9.17) is 0 Å². The van der Waals surface area contributed by atoms with Crippen LogP contribution >= 0.6 is 0 Å². The highest BCUT2D eigenvalue weighted by Gasteiger charge is 2.28. The lowest BCUT2D eigenvalue weighted by Crippen LogP contribution is -2.48. The standard InChI is InChI=1S/C28H35N5O2/c1-3-31(4-2)28(35)32-18-14-24(15-19-32)27(34)29-20-25-8-5-6-9-26(25)23-12-10-22(11-13-23)21-33-17-7-16-30-33/h5-13,16-17,24H,3-4,14-15,18-21H2,1-2H3,(H,29,34). The summed E-state index contributed by atoms with van der Waals surface area (Å²) in [6, 6.07) is 18.7. The van der Waals surface area contributed by atoms with Crippen molar-refractivity contribution >= 4 is 11.9 Å². The Hall–Kier alpha value is -3.61. The number of amides is 3. The Kier molecular flexibility index (Phi) is 8.19. The smallest absolute Gasteiger partial charge is 0.319 e. The lowest BCUT2D eigenvalue weighted by molar-refractivity contribution is -0.126. The molecule has 1 aliphatic rings. The highest BCUT2D eigenvalue weighted by Crippen LogP contribution is 2.25. The Bertz CT molecular complexity index is 1100. The third kappa shape index (κ3) is 6.10. The SMILES string of the molecule is CCN(CC)C(=O)N1CCC(C(=O)NCc2ccccc2-c2ccc(Cn3cccn3)cc2)CC1. The van der Waals surface area contributed by atoms with E-state index in [1.807, 2.05) is 52.7 Å². The van der Waals surface area contributed by atoms with Crippen molar-refractivity contribution in [1.29, 1.82) is 0 Å². The highest BCUT2D eigenvalue weighted by atomic mass is 16.2. The molecule has 0 aliphatic carbocycles. The van der Waals surface area contributed by atoms with Gasteiger partial charge >= 0.3 is 6.03 Å². The molecule has 2 aromatic carbocycles. The van der Waals surface area contributed by atoms with E-state index in [0.29, 0.717) is 45.6 Å². The summed E-state index contributed by atoms with van der Waals surface area (Å²) < 4.78 is 1.91. The third-order valence-electron chi connectivity index (χ3n) is 6.81. The molecule has 0 radical (unpaired) electrons. The number of likely N-dealkylation sites (tertiary alicyclic amines) is 1. The van der Waals surface area contributed by atoms with Crippen LogP contribution in [-0.4, -0.2) is 57.7 Å². The third-order valence-corrected chi connectivity index (χ3v) is 6.81. The average Bonchev–Trinajstić information content (AvgIpc) is 3.42. The second kappa shape index (κ2) is 11.7. The molecule has 0 bridgehead atoms. The predicted molar refractivity (Wildman–Crippen MR) is 138 cm³/mol. The number of carbonyl (C=O) groups is 2. The second-order valence-corrected chi connectivity index (χ2v) is 8.99. The zero-order valence-electron chi connectivity index (χ0n) is 20.7. The summed E-state index contributed by atoms with van der Waals surface area (Å²) in [5.74, 6) is 0.0220. The van der Waals surface area contributed by atoms with Crippen LogP contribution in [0.3, 0.4) is 0 Å². The van der Waals surface area contributed by atoms with Gasteiger partial charge in [0.2, 0.25) is 5.91 Å². The molecular formula is C28H35N5O2. The van der Waals surface area contributed by atoms with Crippen LogP contribution in [0.4, 0.5) is 4.79 Å². The van der Waals surface area contributed by atoms with Crippen LogP contribution < -0.4 is 5.32 Å². The molecular weight excluding hydrogens is 438 g/mol. The molecule has 0 unspecified atom stereocenters. The van der Waals surface area contributed by atoms with E-state index >= 15 is 0 Å². The lowest BCUT2D eigenvalue weighted by Gasteiger charge is -2.34. The van der Waals surface area contributed by atoms with Gasteiger partial charge in [0, 0.05) is 51.0 Å². The summed E-state index contributed by atoms with van der Waals surface area (Å²) in [7, 11) is 0. The fourth-order valence-corrected chi connectivity index (χ4v) is 4.68. The zero-order valence-corrected chi connectivity index (χ0v) is 20.7. The van der Waals surface area contributed by atoms with Crippen molar-refractivity contribution in [2.45, 2.75) is 39.8 Å². The Morgan fingerprint density at radius 1 is 1.00 bits per heavy atom. The van der Waals surface area contributed by atoms with Crippen LogP contribution in [-0.2, 0) is 17.9 Å². The summed E-state index contributed by atoms with van der Waals surface area (Å²) in [5, 5.41) is 7.41. The molecule has 7 heteroatoms. The van der Waals surface area contributed by atoms with Gasteiger partial charge in [0.1, 0.15) is 0 Å². The summed E-state index contributed by atoms with van der Waals surface area (Å²) >= 11 is 0. The number of benzene rings is 2. The van der Waals surface area contributed by atoms with E-state index in [-0.39, 0.29) is 17.9 Å². The summed E-state index contributed by atoms with van der Waals surface area (Å²) in [4.78, 5) is 29.2. The normalized spacial score (nSPS) is 14.1. The largest absolute Gasteiger partial charge is 0.352 e. The summed E-state index contributed by atoms with van der Waals surface area (Å²) in [6.45, 7) is 7.91. The van der Waals surface area contributed by atoms with Gasteiger partial charge in [0.25, 0.3) is 0 Å². The number of nitrogens with one attached hydrogen (secondary N) is 1. The summed E-state index contributed by atoms with van der Waals surface area (Å²) in [5.41, 5.74) is 4.53. The van der Waals surface area contributed by atoms with Crippen molar-refractivity contribution in [3.8, 4) is 11.1 Å². The Labute approximate surface area is 207 Å². The molecule has 0 saturated carbocycles. The number of hydrogen-bond acceptors (Lipinski definition) is 3. The lowest BCUT2D eigenvalue weighted by atomic mass is 9.95. The topological polar surface area (TPSA) is 70.5 Å². The molecule has 0 spiro atoms. The van der Waals surface area contributed by atoms with Gasteiger partial charge in [-0.2, -0.15) is 5.10 Å². The first-order chi connectivity index (χ1) is 17.1. The Balaban J connectivity index is 1.33. The van der Waals surface area contributed by atoms with Gasteiger partial charge in [-0.1, -0.05) is 48.5 Å². The van der Waals surface area contributed by atoms with Gasteiger partial charge in [-0.25, -0.2) is 4.79 Å². The van der Waals surface area contributed by atoms with Gasteiger partial charge in [-0.3, -0.25) is 9.48 Å². The van der Waals surface area contributed by atoms with Crippen LogP contribution in [0.25, 0.3) is 11.1 Å². The van der Waals surface area contributed by atoms with Crippen LogP contribution in [0, 0.1) is 5.92 Å². The average molecular weight is 474 g/mol. The van der Waals surface area contributed by atoms with Gasteiger partial charge in [0.15, 0.2) is 0 Å². The Morgan fingerprint density at radius 3 is 2.37 bits per heavy atom. The molecule has 2 heterocycles. The molecule has 3 aromatic rings. The number of carbonyl (C=O) groups excluding carboxylic acids is 2. The Morgan fingerprint density at radius 2 is 1.71 bits per heavy atom. The van der Waals surface area contributed by atoms with E-state index in [2.05, 4.69) is 46.8 Å². The molecule has 1 fully saturated rings. The van der Waals surface area contributed by atoms with Crippen molar-refractivity contribution in [3.63, 3.8) is 0 Å². The van der Waals surface area contributed by atoms with E-state index in [1.54, 1.807) is 6.20 Å². The van der Waals surface area contributed by atoms with Crippen LogP contribution in [0.1, 0.15) is 37.8 Å². The van der Waals surface area contributed by atoms with Crippen LogP contribution in [0.15, 0.2) is 67.0 Å². The predicted octanol–water partition coefficient (Wildman–Crippen LogP) is 4.39. The molecule has 7 nitrogen and oxygen atoms in total. The van der Waals surface area contributed by atoms with Gasteiger partial charge in [-0.05, 0) is 55.0 Å². The van der Waals surface area contributed by atoms with Crippen LogP contribution in [0.2, 0.25) is 0 Å². The molecule has 3 amide bonds. The molecule has 1 aliphatic heterocycles. The minimum atomic E-state index is -0.0514. The number of aromatic nitrogens is 2. The number of piperidine rings is 1. The molecule has 1 aromatic heterocycles. The number of nitrogens with zero attached hydrogens (tertiary/aromatic N) is 4. The van der Waals surface area contributed by atoms with Crippen molar-refractivity contribution in [2.75, 3.05) is 26.2 Å². The molecule has 35 heavy (non-hydrogen) atoms. The minimum absolute atomic E-state index is 0.0514. The monoisotopic (exact) mass is 473 g/mol. The maximum Gasteiger partial charge on any atom is 0.319 e. The quantitative estimate of drug-likeness (QED) is 0.528. The van der Waals surface area contributed by atoms with Crippen LogP contribution in [0.5, 0.6) is 0 Å². The van der Waals surface area contributed by atoms with Crippen molar-refractivity contribution in [3.05, 3.63) is 78.1 Å². The first kappa shape index (κ1) is 24.5. The van der Waals surface area contributed by atoms with Gasteiger partial charge in [0.05, 0.1) is 6.54 Å². The van der Waals surface area contributed by atoms with E-state index in [9.17, 15) is 9.59 Å². The number of hydrogen-bond donors (Lipinski definition) is 1.